The van der Waals surface area contributed by atoms with Crippen molar-refractivity contribution in [1.29, 1.82) is 0 Å². The van der Waals surface area contributed by atoms with Crippen LogP contribution in [0.3, 0.4) is 0 Å². The van der Waals surface area contributed by atoms with Crippen LogP contribution < -0.4 is 0 Å². The monoisotopic (exact) mass is 179 g/mol. The van der Waals surface area contributed by atoms with E-state index in [1.54, 1.807) is 12.1 Å². The van der Waals surface area contributed by atoms with Gasteiger partial charge in [-0.25, -0.2) is 4.68 Å². The Morgan fingerprint density at radius 1 is 1.50 bits per heavy atom. The summed E-state index contributed by atoms with van der Waals surface area (Å²) in [4.78, 5) is 0. The van der Waals surface area contributed by atoms with Crippen LogP contribution in [0.4, 0.5) is 0 Å². The molecule has 0 aliphatic heterocycles. The maximum Gasteiger partial charge on any atom is 0.143 e. The van der Waals surface area contributed by atoms with E-state index in [4.69, 9.17) is 11.6 Å². The Balaban J connectivity index is 2.48. The van der Waals surface area contributed by atoms with E-state index in [-0.39, 0.29) is 0 Å². The Morgan fingerprint density at radius 3 is 3.08 bits per heavy atom. The average molecular weight is 180 g/mol. The molecule has 0 amide bonds. The quantitative estimate of drug-likeness (QED) is 0.659. The van der Waals surface area contributed by atoms with Gasteiger partial charge in [0.2, 0.25) is 0 Å². The summed E-state index contributed by atoms with van der Waals surface area (Å²) >= 11 is 5.72. The van der Waals surface area contributed by atoms with Crippen LogP contribution in [0.2, 0.25) is 5.02 Å². The minimum Gasteiger partial charge on any atom is -0.201 e. The highest BCUT2D eigenvalue weighted by Gasteiger charge is 1.96. The molecule has 2 aromatic rings. The van der Waals surface area contributed by atoms with Gasteiger partial charge in [-0.15, -0.1) is 5.10 Å². The van der Waals surface area contributed by atoms with Crippen molar-refractivity contribution in [3.8, 4) is 5.69 Å². The molecule has 0 atom stereocenters. The maximum absolute atomic E-state index is 5.72. The van der Waals surface area contributed by atoms with Crippen molar-refractivity contribution in [3.05, 3.63) is 35.6 Å². The Morgan fingerprint density at radius 2 is 2.42 bits per heavy atom. The number of hydrogen-bond acceptors (Lipinski definition) is 3. The smallest absolute Gasteiger partial charge is 0.143 e. The Bertz CT molecular complexity index is 371. The summed E-state index contributed by atoms with van der Waals surface area (Å²) in [5.74, 6) is 0. The molecule has 59 valence electrons. The zero-order valence-corrected chi connectivity index (χ0v) is 6.73. The molecule has 1 heterocycles. The van der Waals surface area contributed by atoms with Gasteiger partial charge in [0.25, 0.3) is 0 Å². The third kappa shape index (κ3) is 1.29. The van der Waals surface area contributed by atoms with Crippen molar-refractivity contribution in [1.82, 2.24) is 20.2 Å². The highest BCUT2D eigenvalue weighted by atomic mass is 35.5. The first-order valence-corrected chi connectivity index (χ1v) is 3.64. The SMILES string of the molecule is Clc1[c]ccc(-n2cnnn2)c1. The minimum absolute atomic E-state index is 0.544. The van der Waals surface area contributed by atoms with Gasteiger partial charge in [-0.1, -0.05) is 17.7 Å². The molecule has 0 fully saturated rings. The van der Waals surface area contributed by atoms with Gasteiger partial charge in [0.1, 0.15) is 6.33 Å². The van der Waals surface area contributed by atoms with E-state index in [1.807, 2.05) is 6.07 Å². The lowest BCUT2D eigenvalue weighted by Gasteiger charge is -1.97. The first-order valence-electron chi connectivity index (χ1n) is 3.27. The summed E-state index contributed by atoms with van der Waals surface area (Å²) in [7, 11) is 0. The fourth-order valence-corrected chi connectivity index (χ4v) is 1.02. The summed E-state index contributed by atoms with van der Waals surface area (Å²) in [5.41, 5.74) is 0.823. The molecule has 0 N–H and O–H groups in total. The third-order valence-electron chi connectivity index (χ3n) is 1.36. The van der Waals surface area contributed by atoms with E-state index < -0.39 is 0 Å². The van der Waals surface area contributed by atoms with Gasteiger partial charge in [0.15, 0.2) is 0 Å². The van der Waals surface area contributed by atoms with Crippen LogP contribution in [0.25, 0.3) is 5.69 Å². The van der Waals surface area contributed by atoms with Gasteiger partial charge in [-0.3, -0.25) is 0 Å². The molecule has 0 saturated carbocycles. The van der Waals surface area contributed by atoms with Gasteiger partial charge >= 0.3 is 0 Å². The van der Waals surface area contributed by atoms with Crippen molar-refractivity contribution in [2.75, 3.05) is 0 Å². The van der Waals surface area contributed by atoms with Gasteiger partial charge in [-0.2, -0.15) is 0 Å². The molecule has 0 bridgehead atoms. The van der Waals surface area contributed by atoms with Crippen LogP contribution in [0.5, 0.6) is 0 Å². The third-order valence-corrected chi connectivity index (χ3v) is 1.58. The zero-order valence-electron chi connectivity index (χ0n) is 5.98. The Labute approximate surface area is 73.8 Å². The fourth-order valence-electron chi connectivity index (χ4n) is 0.848. The predicted octanol–water partition coefficient (Wildman–Crippen LogP) is 1.12. The van der Waals surface area contributed by atoms with Crippen LogP contribution in [-0.2, 0) is 0 Å². The minimum atomic E-state index is 0.544. The predicted molar refractivity (Wildman–Crippen MR) is 43.0 cm³/mol. The van der Waals surface area contributed by atoms with Gasteiger partial charge in [0.05, 0.1) is 10.7 Å². The molecule has 0 saturated heterocycles. The number of rotatable bonds is 1. The molecule has 0 unspecified atom stereocenters. The number of tetrazole rings is 1. The summed E-state index contributed by atoms with van der Waals surface area (Å²) in [6, 6.07) is 8.09. The average Bonchev–Trinajstić information content (AvgIpc) is 2.56. The molecular weight excluding hydrogens is 176 g/mol. The molecule has 5 heteroatoms. The van der Waals surface area contributed by atoms with Gasteiger partial charge < -0.3 is 0 Å². The standard InChI is InChI=1S/C7H4ClN4/c8-6-2-1-3-7(4-6)12-5-9-10-11-12/h1,3-5H. The summed E-state index contributed by atoms with van der Waals surface area (Å²) in [6.45, 7) is 0. The van der Waals surface area contributed by atoms with Crippen LogP contribution >= 0.6 is 11.6 Å². The number of hydrogen-bond donors (Lipinski definition) is 0. The molecule has 2 rings (SSSR count). The number of aromatic nitrogens is 4. The topological polar surface area (TPSA) is 43.6 Å². The number of halogens is 1. The van der Waals surface area contributed by atoms with Crippen molar-refractivity contribution < 1.29 is 0 Å². The second-order valence-corrected chi connectivity index (χ2v) is 2.56. The summed E-state index contributed by atoms with van der Waals surface area (Å²) < 4.78 is 1.53. The largest absolute Gasteiger partial charge is 0.201 e. The maximum atomic E-state index is 5.72. The molecule has 0 aliphatic rings. The first-order chi connectivity index (χ1) is 5.86. The lowest BCUT2D eigenvalue weighted by molar-refractivity contribution is 0.789. The molecule has 4 nitrogen and oxygen atoms in total. The highest BCUT2D eigenvalue weighted by Crippen LogP contribution is 2.11. The molecule has 0 spiro atoms. The van der Waals surface area contributed by atoms with Crippen LogP contribution in [-0.4, -0.2) is 20.2 Å². The molecule has 1 aromatic heterocycles. The second-order valence-electron chi connectivity index (χ2n) is 2.15. The fraction of sp³-hybridized carbons (Fsp3) is 0. The van der Waals surface area contributed by atoms with E-state index >= 15 is 0 Å². The van der Waals surface area contributed by atoms with Crippen molar-refractivity contribution in [3.63, 3.8) is 0 Å². The van der Waals surface area contributed by atoms with Crippen LogP contribution in [0.1, 0.15) is 0 Å². The summed E-state index contributed by atoms with van der Waals surface area (Å²) in [5, 5.41) is 11.3. The van der Waals surface area contributed by atoms with E-state index in [0.717, 1.165) is 5.69 Å². The molecule has 1 radical (unpaired) electrons. The number of benzene rings is 1. The lowest BCUT2D eigenvalue weighted by Crippen LogP contribution is -1.94. The van der Waals surface area contributed by atoms with E-state index in [1.165, 1.54) is 11.0 Å². The molecule has 0 aliphatic carbocycles. The van der Waals surface area contributed by atoms with Crippen LogP contribution in [0, 0.1) is 6.07 Å². The van der Waals surface area contributed by atoms with Gasteiger partial charge in [-0.05, 0) is 22.6 Å². The summed E-state index contributed by atoms with van der Waals surface area (Å²) in [6.07, 6.45) is 1.51. The zero-order chi connectivity index (χ0) is 8.39. The normalized spacial score (nSPS) is 10.1. The van der Waals surface area contributed by atoms with E-state index in [0.29, 0.717) is 5.02 Å². The van der Waals surface area contributed by atoms with Crippen molar-refractivity contribution in [2.24, 2.45) is 0 Å². The molecular formula is C7H4ClN4. The van der Waals surface area contributed by atoms with Crippen molar-refractivity contribution in [2.45, 2.75) is 0 Å². The second kappa shape index (κ2) is 2.91. The van der Waals surface area contributed by atoms with Crippen LogP contribution in [0.15, 0.2) is 24.5 Å². The Hall–Kier alpha value is -1.42. The molecule has 12 heavy (non-hydrogen) atoms. The van der Waals surface area contributed by atoms with E-state index in [9.17, 15) is 0 Å². The first kappa shape index (κ1) is 7.24. The number of nitrogens with zero attached hydrogens (tertiary/aromatic N) is 4. The van der Waals surface area contributed by atoms with Gasteiger partial charge in [0, 0.05) is 6.07 Å². The van der Waals surface area contributed by atoms with Crippen molar-refractivity contribution >= 4 is 11.6 Å². The molecule has 1 aromatic carbocycles. The van der Waals surface area contributed by atoms with E-state index in [2.05, 4.69) is 21.6 Å². The Kier molecular flexibility index (Phi) is 1.75. The lowest BCUT2D eigenvalue weighted by atomic mass is 10.3. The highest BCUT2D eigenvalue weighted by molar-refractivity contribution is 6.30.